The molecule has 0 aliphatic carbocycles. The maximum atomic E-state index is 11.4. The van der Waals surface area contributed by atoms with Gasteiger partial charge in [-0.05, 0) is 192 Å². The predicted octanol–water partition coefficient (Wildman–Crippen LogP) is 8.77. The topological polar surface area (TPSA) is 351 Å². The number of phenols is 3. The lowest BCUT2D eigenvalue weighted by molar-refractivity contribution is -0.143. The molecule has 1 aliphatic rings. The Morgan fingerprint density at radius 1 is 0.505 bits per heavy atom. The Bertz CT molecular complexity index is 3030. The minimum atomic E-state index is -1.02. The Morgan fingerprint density at radius 2 is 0.825 bits per heavy atom. The average Bonchev–Trinajstić information content (AvgIpc) is 2.01. The van der Waals surface area contributed by atoms with Crippen LogP contribution in [0.5, 0.6) is 34.5 Å². The van der Waals surface area contributed by atoms with E-state index in [1.807, 2.05) is 79.8 Å². The first-order valence-corrected chi connectivity index (χ1v) is 33.3. The van der Waals surface area contributed by atoms with Gasteiger partial charge in [-0.2, -0.15) is 0 Å². The van der Waals surface area contributed by atoms with Crippen molar-refractivity contribution in [3.8, 4) is 34.5 Å². The van der Waals surface area contributed by atoms with Crippen LogP contribution in [0.2, 0.25) is 0 Å². The van der Waals surface area contributed by atoms with Crippen LogP contribution in [0.4, 0.5) is 4.79 Å². The molecule has 0 spiro atoms. The Kier molecular flexibility index (Phi) is 47.0. The number of phenolic OH excluding ortho intramolecular Hbond substituents is 3. The third-order valence-corrected chi connectivity index (χ3v) is 14.6. The molecule has 6 atom stereocenters. The van der Waals surface area contributed by atoms with E-state index in [9.17, 15) is 24.0 Å². The van der Waals surface area contributed by atoms with Crippen molar-refractivity contribution in [1.82, 2.24) is 21.3 Å². The molecule has 23 nitrogen and oxygen atoms in total. The number of alkyl carbamates (subject to hydrolysis) is 1. The van der Waals surface area contributed by atoms with E-state index in [2.05, 4.69) is 74.4 Å². The van der Waals surface area contributed by atoms with Crippen molar-refractivity contribution in [1.29, 1.82) is 0 Å². The average molecular weight is 1420 g/mol. The number of nitrogens with two attached hydrogens (primary N) is 2. The first-order chi connectivity index (χ1) is 46.6. The van der Waals surface area contributed by atoms with Crippen molar-refractivity contribution in [2.75, 3.05) is 80.8 Å². The van der Waals surface area contributed by atoms with Crippen molar-refractivity contribution in [2.24, 2.45) is 11.5 Å². The number of carbonyl (C=O) groups excluding carboxylic acids is 4. The minimum absolute atomic E-state index is 0.0879. The number of likely N-dealkylation sites (N-methyl/N-ethyl adjacent to an activating group) is 3. The van der Waals surface area contributed by atoms with Gasteiger partial charge in [0.1, 0.15) is 65.3 Å². The van der Waals surface area contributed by atoms with Crippen LogP contribution >= 0.6 is 15.9 Å². The Hall–Kier alpha value is -8.49. The molecule has 1 fully saturated rings. The summed E-state index contributed by atoms with van der Waals surface area (Å²) in [5.41, 5.74) is 17.0. The van der Waals surface area contributed by atoms with Crippen molar-refractivity contribution in [3.63, 3.8) is 0 Å². The van der Waals surface area contributed by atoms with Crippen molar-refractivity contribution in [2.45, 2.75) is 128 Å². The van der Waals surface area contributed by atoms with Gasteiger partial charge in [0.25, 0.3) is 0 Å². The van der Waals surface area contributed by atoms with Gasteiger partial charge in [-0.1, -0.05) is 116 Å². The van der Waals surface area contributed by atoms with Crippen molar-refractivity contribution >= 4 is 45.9 Å². The molecule has 0 radical (unpaired) electrons. The molecule has 0 saturated carbocycles. The Balaban J connectivity index is 0.000000577. The minimum Gasteiger partial charge on any atom is -0.508 e. The largest absolute Gasteiger partial charge is 0.508 e. The Morgan fingerprint density at radius 3 is 1.10 bits per heavy atom. The predicted molar refractivity (Wildman–Crippen MR) is 381 cm³/mol. The van der Waals surface area contributed by atoms with E-state index >= 15 is 0 Å². The third kappa shape index (κ3) is 39.4. The van der Waals surface area contributed by atoms with Crippen LogP contribution < -0.4 is 46.9 Å². The summed E-state index contributed by atoms with van der Waals surface area (Å²) in [6.45, 7) is 11.2. The number of carboxylic acid groups (broad SMARTS) is 1. The lowest BCUT2D eigenvalue weighted by Gasteiger charge is -2.13. The fourth-order valence-electron chi connectivity index (χ4n) is 8.28. The number of nitrogens with one attached hydrogen (secondary N) is 4. The van der Waals surface area contributed by atoms with Gasteiger partial charge in [0.2, 0.25) is 0 Å². The fourth-order valence-corrected chi connectivity index (χ4v) is 8.28. The fraction of sp³-hybridized carbons (Fsp3) is 0.438. The van der Waals surface area contributed by atoms with Crippen LogP contribution in [0.15, 0.2) is 146 Å². The molecule has 0 aromatic heterocycles. The highest BCUT2D eigenvalue weighted by Crippen LogP contribution is 2.19. The molecule has 0 bridgehead atoms. The smallest absolute Gasteiger partial charge is 0.407 e. The summed E-state index contributed by atoms with van der Waals surface area (Å²) in [7, 11) is 9.39. The molecule has 6 aromatic rings. The summed E-state index contributed by atoms with van der Waals surface area (Å²) in [5, 5.41) is 57.4. The quantitative estimate of drug-likeness (QED) is 0.0114. The molecule has 1 saturated heterocycles. The summed E-state index contributed by atoms with van der Waals surface area (Å²) in [6.07, 6.45) is 7.40. The van der Waals surface area contributed by atoms with E-state index < -0.39 is 24.0 Å². The van der Waals surface area contributed by atoms with Crippen LogP contribution in [0, 0.1) is 0 Å². The third-order valence-electron chi connectivity index (χ3n) is 13.8. The molecular weight excluding hydrogens is 1310 g/mol. The number of rotatable bonds is 30. The van der Waals surface area contributed by atoms with E-state index in [0.717, 1.165) is 96.8 Å². The molecule has 1 unspecified atom stereocenters. The van der Waals surface area contributed by atoms with Crippen LogP contribution in [0.1, 0.15) is 86.8 Å². The number of hydrogen-bond acceptors (Lipinski definition) is 21. The van der Waals surface area contributed by atoms with E-state index in [-0.39, 0.29) is 72.5 Å². The summed E-state index contributed by atoms with van der Waals surface area (Å²) < 4.78 is 35.2. The molecule has 1 aliphatic heterocycles. The van der Waals surface area contributed by atoms with Crippen LogP contribution in [-0.4, -0.2) is 173 Å². The molecule has 1 amide bonds. The van der Waals surface area contributed by atoms with Gasteiger partial charge in [0.15, 0.2) is 0 Å². The molecule has 1 heterocycles. The van der Waals surface area contributed by atoms with Gasteiger partial charge in [-0.3, -0.25) is 19.2 Å². The van der Waals surface area contributed by atoms with E-state index in [1.54, 1.807) is 74.8 Å². The lowest BCUT2D eigenvalue weighted by Crippen LogP contribution is -2.36. The standard InChI is InChI=1S/C14H21NO3.C13H17NO3.C13H21NO2.C11H15NO3.C10H13NO3.C9H11NO3.C3H7Br/c1-4-9-18-12-7-5-11(6-8-12)10-13(15-2)14(16)17-3;1-2-7-16-12-5-3-10(4-6-12)8-11-9-17-13(15)14-11;1-3-8-16-13-6-4-11(5-7-13)9-12(10-15)14-2;1-12-10(11(14)15-2)7-8-3-5-9(13)6-4-8;1-14-10(13)9(11)6-7-2-4-8(12)5-3-7;10-8(9(12)13)5-6-1-3-7(11)4-2-6;1-2-3-4/h5-8,13,15H,4,9-10H2,1-3H3;3-6,11H,2,7-9H2,1H3,(H,14,15);4-7,12,14-15H,3,8-10H2,1-2H3;3-6,10,12-13H,7H2,1-2H3;2-5,9,12H,6,11H2,1H3;1-4,8,11H,5,10H2,(H,12,13);2-3H2,1H3/t13-;;12-;10-;9-;8-;/m0.0000./s1. The maximum Gasteiger partial charge on any atom is 0.407 e. The number of aromatic hydroxyl groups is 3. The number of amides is 1. The van der Waals surface area contributed by atoms with E-state index in [4.69, 9.17) is 60.7 Å². The van der Waals surface area contributed by atoms with Crippen molar-refractivity contribution in [3.05, 3.63) is 179 Å². The summed E-state index contributed by atoms with van der Waals surface area (Å²) >= 11 is 3.25. The zero-order chi connectivity index (χ0) is 72.3. The van der Waals surface area contributed by atoms with Crippen LogP contribution in [0.25, 0.3) is 0 Å². The number of aliphatic carboxylic acids is 1. The number of benzene rings is 6. The molecule has 97 heavy (non-hydrogen) atoms. The zero-order valence-corrected chi connectivity index (χ0v) is 59.4. The summed E-state index contributed by atoms with van der Waals surface area (Å²) in [5.74, 6) is 1.25. The molecule has 6 aromatic carbocycles. The molecular formula is C73H105BrN6O17. The number of aliphatic hydroxyl groups is 1. The number of carboxylic acids is 1. The molecule has 536 valence electrons. The SMILES string of the molecule is CCCBr.CCCOc1ccc(CC2COC(=O)N2)cc1.CCCOc1ccc(C[C@@H](CO)NC)cc1.CCCOc1ccc(C[C@H](NC)C(=O)OC)cc1.CN[C@@H](Cc1ccc(O)cc1)C(=O)OC.COC(=O)[C@@H](N)Cc1ccc(O)cc1.N[C@@H](Cc1ccc(O)cc1)C(=O)O. The number of aliphatic hydroxyl groups excluding tert-OH is 1. The van der Waals surface area contributed by atoms with Crippen LogP contribution in [0.3, 0.4) is 0 Å². The normalized spacial score (nSPS) is 13.1. The highest BCUT2D eigenvalue weighted by molar-refractivity contribution is 9.09. The van der Waals surface area contributed by atoms with E-state index in [1.165, 1.54) is 51.0 Å². The van der Waals surface area contributed by atoms with Gasteiger partial charge in [0, 0.05) is 11.4 Å². The second-order valence-electron chi connectivity index (χ2n) is 21.8. The number of hydrogen-bond donors (Lipinski definition) is 11. The first-order valence-electron chi connectivity index (χ1n) is 32.2. The number of halogens is 1. The monoisotopic (exact) mass is 1420 g/mol. The van der Waals surface area contributed by atoms with Gasteiger partial charge in [-0.15, -0.1) is 0 Å². The summed E-state index contributed by atoms with van der Waals surface area (Å²) in [6, 6.07) is 41.5. The number of carbonyl (C=O) groups is 5. The maximum absolute atomic E-state index is 11.4. The van der Waals surface area contributed by atoms with Gasteiger partial charge in [-0.25, -0.2) is 4.79 Å². The Labute approximate surface area is 581 Å². The first kappa shape index (κ1) is 86.5. The van der Waals surface area contributed by atoms with E-state index in [0.29, 0.717) is 25.9 Å². The van der Waals surface area contributed by atoms with Crippen molar-refractivity contribution < 1.29 is 82.7 Å². The number of methoxy groups -OCH3 is 3. The molecule has 7 rings (SSSR count). The number of cyclic esters (lactones) is 1. The highest BCUT2D eigenvalue weighted by atomic mass is 79.9. The van der Waals surface area contributed by atoms with Crippen LogP contribution in [-0.2, 0) is 76.7 Å². The zero-order valence-electron chi connectivity index (χ0n) is 57.8. The number of ether oxygens (including phenoxy) is 7. The molecule has 24 heteroatoms. The lowest BCUT2D eigenvalue weighted by atomic mass is 10.1. The highest BCUT2D eigenvalue weighted by Gasteiger charge is 2.23. The summed E-state index contributed by atoms with van der Waals surface area (Å²) in [4.78, 5) is 55.0. The number of alkyl halides is 1. The number of esters is 3. The molecule has 13 N–H and O–H groups in total. The van der Waals surface area contributed by atoms with Gasteiger partial charge < -0.3 is 91.4 Å². The van der Waals surface area contributed by atoms with Gasteiger partial charge in [0.05, 0.1) is 53.8 Å². The second kappa shape index (κ2) is 52.7. The second-order valence-corrected chi connectivity index (χ2v) is 22.6. The van der Waals surface area contributed by atoms with Gasteiger partial charge >= 0.3 is 30.0 Å².